The van der Waals surface area contributed by atoms with Gasteiger partial charge in [0.1, 0.15) is 0 Å². The van der Waals surface area contributed by atoms with Crippen LogP contribution in [0.3, 0.4) is 0 Å². The van der Waals surface area contributed by atoms with Gasteiger partial charge in [-0.2, -0.15) is 0 Å². The summed E-state index contributed by atoms with van der Waals surface area (Å²) in [5.41, 5.74) is 6.59. The van der Waals surface area contributed by atoms with Crippen LogP contribution >= 0.6 is 0 Å². The monoisotopic (exact) mass is 409 g/mol. The summed E-state index contributed by atoms with van der Waals surface area (Å²) < 4.78 is 0. The van der Waals surface area contributed by atoms with Crippen LogP contribution in [0.15, 0.2) is 72.8 Å². The number of hydrogen-bond acceptors (Lipinski definition) is 3. The molecule has 3 aromatic carbocycles. The first kappa shape index (κ1) is 19.1. The van der Waals surface area contributed by atoms with Gasteiger partial charge in [0.2, 0.25) is 0 Å². The number of aryl methyl sites for hydroxylation is 1. The lowest BCUT2D eigenvalue weighted by Gasteiger charge is -2.27. The van der Waals surface area contributed by atoms with Crippen molar-refractivity contribution in [2.75, 3.05) is 6.54 Å². The van der Waals surface area contributed by atoms with E-state index in [4.69, 9.17) is 0 Å². The van der Waals surface area contributed by atoms with Crippen molar-refractivity contribution < 1.29 is 14.7 Å². The van der Waals surface area contributed by atoms with Gasteiger partial charge in [0.05, 0.1) is 11.7 Å². The summed E-state index contributed by atoms with van der Waals surface area (Å²) in [6.45, 7) is 2.14. The van der Waals surface area contributed by atoms with Crippen molar-refractivity contribution in [3.8, 4) is 11.3 Å². The summed E-state index contributed by atoms with van der Waals surface area (Å²) >= 11 is 0. The number of para-hydroxylation sites is 1. The van der Waals surface area contributed by atoms with E-state index >= 15 is 0 Å². The lowest BCUT2D eigenvalue weighted by atomic mass is 9.93. The van der Waals surface area contributed by atoms with Crippen molar-refractivity contribution in [3.63, 3.8) is 0 Å². The van der Waals surface area contributed by atoms with E-state index in [1.807, 2.05) is 55.5 Å². The normalized spacial score (nSPS) is 15.5. The maximum absolute atomic E-state index is 13.2. The number of carbonyl (C=O) groups is 2. The first-order valence-corrected chi connectivity index (χ1v) is 10.3. The topological polar surface area (TPSA) is 76.2 Å². The van der Waals surface area contributed by atoms with Crippen molar-refractivity contribution in [2.45, 2.75) is 19.4 Å². The number of aliphatic carboxylic acids is 1. The Morgan fingerprint density at radius 1 is 1.00 bits per heavy atom. The Labute approximate surface area is 179 Å². The first-order valence-electron chi connectivity index (χ1n) is 10.3. The third kappa shape index (κ3) is 3.19. The van der Waals surface area contributed by atoms with Crippen molar-refractivity contribution in [2.24, 2.45) is 0 Å². The number of aromatic nitrogens is 1. The fourth-order valence-electron chi connectivity index (χ4n) is 4.52. The zero-order valence-corrected chi connectivity index (χ0v) is 17.1. The second-order valence-electron chi connectivity index (χ2n) is 7.94. The molecule has 1 amide bonds. The Balaban J connectivity index is 1.76. The van der Waals surface area contributed by atoms with E-state index in [0.29, 0.717) is 5.56 Å². The molecule has 1 atom stereocenters. The van der Waals surface area contributed by atoms with Crippen LogP contribution in [0.1, 0.15) is 39.5 Å². The predicted octanol–water partition coefficient (Wildman–Crippen LogP) is 3.83. The molecule has 5 rings (SSSR count). The van der Waals surface area contributed by atoms with Gasteiger partial charge in [-0.15, -0.1) is 0 Å². The Hall–Kier alpha value is -3.86. The Bertz CT molecular complexity index is 1300. The van der Waals surface area contributed by atoms with Crippen molar-refractivity contribution in [1.29, 1.82) is 0 Å². The summed E-state index contributed by atoms with van der Waals surface area (Å²) in [5, 5.41) is 12.2. The minimum absolute atomic E-state index is 0.0906. The number of aromatic amines is 1. The van der Waals surface area contributed by atoms with Gasteiger partial charge in [0.25, 0.3) is 5.91 Å². The average Bonchev–Trinajstić information content (AvgIpc) is 3.28. The largest absolute Gasteiger partial charge is 0.550 e. The van der Waals surface area contributed by atoms with Gasteiger partial charge in [-0.05, 0) is 30.2 Å². The van der Waals surface area contributed by atoms with E-state index < -0.39 is 5.97 Å². The number of H-pyrrole nitrogens is 1. The van der Waals surface area contributed by atoms with Crippen LogP contribution in [-0.4, -0.2) is 28.3 Å². The summed E-state index contributed by atoms with van der Waals surface area (Å²) in [6, 6.07) is 23.4. The molecule has 0 fully saturated rings. The molecule has 0 unspecified atom stereocenters. The summed E-state index contributed by atoms with van der Waals surface area (Å²) in [6.07, 6.45) is -0.210. The molecule has 0 spiro atoms. The average molecular weight is 409 g/mol. The molecule has 0 saturated heterocycles. The molecular formula is C26H21N2O3-. The summed E-state index contributed by atoms with van der Waals surface area (Å²) in [4.78, 5) is 29.7. The lowest BCUT2D eigenvalue weighted by molar-refractivity contribution is -0.305. The number of carboxylic acids is 1. The highest BCUT2D eigenvalue weighted by atomic mass is 16.4. The predicted molar refractivity (Wildman–Crippen MR) is 117 cm³/mol. The molecule has 154 valence electrons. The molecule has 5 heteroatoms. The summed E-state index contributed by atoms with van der Waals surface area (Å²) in [7, 11) is 0. The highest BCUT2D eigenvalue weighted by Crippen LogP contribution is 2.45. The van der Waals surface area contributed by atoms with E-state index in [0.717, 1.165) is 33.3 Å². The molecule has 1 aromatic heterocycles. The van der Waals surface area contributed by atoms with Crippen molar-refractivity contribution >= 4 is 22.8 Å². The third-order valence-electron chi connectivity index (χ3n) is 5.98. The standard InChI is InChI=1S/C26H22N2O3/c1-16-10-12-17(13-11-16)24-23(20-8-4-5-9-21(20)27-24)25-18-6-2-3-7-19(18)26(31)28(25)15-14-22(29)30/h2-13,25,27H,14-15H2,1H3,(H,29,30)/p-1/t25-/m0/s1. The fourth-order valence-corrected chi connectivity index (χ4v) is 4.52. The SMILES string of the molecule is Cc1ccc(-c2[nH]c3ccccc3c2[C@@H]2c3ccccc3C(=O)N2CCC(=O)[O-])cc1. The van der Waals surface area contributed by atoms with Gasteiger partial charge in [0, 0.05) is 41.0 Å². The second kappa shape index (κ2) is 7.43. The molecule has 1 aliphatic rings. The third-order valence-corrected chi connectivity index (χ3v) is 5.98. The lowest BCUT2D eigenvalue weighted by Crippen LogP contribution is -2.34. The molecule has 4 aromatic rings. The first-order chi connectivity index (χ1) is 15.0. The van der Waals surface area contributed by atoms with Crippen LogP contribution < -0.4 is 5.11 Å². The molecular weight excluding hydrogens is 388 g/mol. The van der Waals surface area contributed by atoms with Crippen molar-refractivity contribution in [3.05, 3.63) is 95.1 Å². The van der Waals surface area contributed by atoms with Gasteiger partial charge in [-0.25, -0.2) is 0 Å². The van der Waals surface area contributed by atoms with E-state index in [1.54, 1.807) is 4.90 Å². The molecule has 0 bridgehead atoms. The molecule has 1 N–H and O–H groups in total. The summed E-state index contributed by atoms with van der Waals surface area (Å²) in [5.74, 6) is -1.32. The minimum atomic E-state index is -1.17. The van der Waals surface area contributed by atoms with Crippen LogP contribution in [0.5, 0.6) is 0 Å². The van der Waals surface area contributed by atoms with Crippen LogP contribution in [0.25, 0.3) is 22.2 Å². The zero-order chi connectivity index (χ0) is 21.5. The number of fused-ring (bicyclic) bond motifs is 2. The molecule has 0 aliphatic carbocycles. The molecule has 1 aliphatic heterocycles. The number of amides is 1. The van der Waals surface area contributed by atoms with Crippen LogP contribution in [0, 0.1) is 6.92 Å². The van der Waals surface area contributed by atoms with Gasteiger partial charge in [-0.1, -0.05) is 66.2 Å². The minimum Gasteiger partial charge on any atom is -0.550 e. The van der Waals surface area contributed by atoms with E-state index in [2.05, 4.69) is 29.2 Å². The molecule has 31 heavy (non-hydrogen) atoms. The Morgan fingerprint density at radius 2 is 1.71 bits per heavy atom. The Morgan fingerprint density at radius 3 is 2.48 bits per heavy atom. The van der Waals surface area contributed by atoms with Gasteiger partial charge in [-0.3, -0.25) is 4.79 Å². The smallest absolute Gasteiger partial charge is 0.255 e. The van der Waals surface area contributed by atoms with E-state index in [9.17, 15) is 14.7 Å². The quantitative estimate of drug-likeness (QED) is 0.544. The number of nitrogens with one attached hydrogen (secondary N) is 1. The highest BCUT2D eigenvalue weighted by molar-refractivity contribution is 6.02. The Kier molecular flexibility index (Phi) is 4.59. The zero-order valence-electron chi connectivity index (χ0n) is 17.1. The van der Waals surface area contributed by atoms with Crippen molar-refractivity contribution in [1.82, 2.24) is 9.88 Å². The number of carboxylic acid groups (broad SMARTS) is 1. The maximum Gasteiger partial charge on any atom is 0.255 e. The number of carbonyl (C=O) groups excluding carboxylic acids is 2. The molecule has 0 saturated carbocycles. The van der Waals surface area contributed by atoms with Crippen LogP contribution in [0.2, 0.25) is 0 Å². The van der Waals surface area contributed by atoms with Crippen LogP contribution in [-0.2, 0) is 4.79 Å². The molecule has 5 nitrogen and oxygen atoms in total. The van der Waals surface area contributed by atoms with Gasteiger partial charge >= 0.3 is 0 Å². The molecule has 0 radical (unpaired) electrons. The second-order valence-corrected chi connectivity index (χ2v) is 7.94. The highest BCUT2D eigenvalue weighted by Gasteiger charge is 2.39. The fraction of sp³-hybridized carbons (Fsp3) is 0.154. The maximum atomic E-state index is 13.2. The number of benzene rings is 3. The molecule has 2 heterocycles. The number of nitrogens with zero attached hydrogens (tertiary/aromatic N) is 1. The van der Waals surface area contributed by atoms with Gasteiger partial charge in [0.15, 0.2) is 0 Å². The van der Waals surface area contributed by atoms with Crippen LogP contribution in [0.4, 0.5) is 0 Å². The number of hydrogen-bond donors (Lipinski definition) is 1. The van der Waals surface area contributed by atoms with E-state index in [1.165, 1.54) is 5.56 Å². The van der Waals surface area contributed by atoms with E-state index in [-0.39, 0.29) is 24.9 Å². The number of rotatable bonds is 5. The van der Waals surface area contributed by atoms with Gasteiger partial charge < -0.3 is 19.8 Å².